The highest BCUT2D eigenvalue weighted by molar-refractivity contribution is 5.94. The van der Waals surface area contributed by atoms with Gasteiger partial charge in [0.2, 0.25) is 5.91 Å². The first-order chi connectivity index (χ1) is 17.0. The van der Waals surface area contributed by atoms with Gasteiger partial charge in [-0.1, -0.05) is 18.2 Å². The third kappa shape index (κ3) is 5.08. The van der Waals surface area contributed by atoms with E-state index in [1.54, 1.807) is 30.5 Å². The highest BCUT2D eigenvalue weighted by Gasteiger charge is 2.29. The zero-order valence-electron chi connectivity index (χ0n) is 19.5. The van der Waals surface area contributed by atoms with Crippen molar-refractivity contribution >= 4 is 23.6 Å². The van der Waals surface area contributed by atoms with Crippen molar-refractivity contribution in [1.29, 1.82) is 5.41 Å². The lowest BCUT2D eigenvalue weighted by atomic mass is 10.0. The Bertz CT molecular complexity index is 1260. The first-order valence-corrected chi connectivity index (χ1v) is 11.8. The zero-order valence-corrected chi connectivity index (χ0v) is 19.5. The second-order valence-corrected chi connectivity index (χ2v) is 8.99. The minimum absolute atomic E-state index is 0.00806. The molecular weight excluding hydrogens is 445 g/mol. The second-order valence-electron chi connectivity index (χ2n) is 8.99. The van der Waals surface area contributed by atoms with Gasteiger partial charge in [-0.15, -0.1) is 0 Å². The van der Waals surface area contributed by atoms with Crippen LogP contribution >= 0.6 is 0 Å². The summed E-state index contributed by atoms with van der Waals surface area (Å²) in [5, 5.41) is 11.5. The number of imidazole rings is 1. The summed E-state index contributed by atoms with van der Waals surface area (Å²) in [7, 11) is 0. The minimum atomic E-state index is -0.251. The Hall–Kier alpha value is -4.01. The van der Waals surface area contributed by atoms with Gasteiger partial charge in [0.25, 0.3) is 0 Å². The van der Waals surface area contributed by atoms with Gasteiger partial charge in [-0.3, -0.25) is 10.2 Å². The Labute approximate surface area is 203 Å². The molecule has 0 spiro atoms. The number of rotatable bonds is 6. The highest BCUT2D eigenvalue weighted by Crippen LogP contribution is 2.32. The smallest absolute Gasteiger partial charge is 0.217 e. The third-order valence-electron chi connectivity index (χ3n) is 6.41. The van der Waals surface area contributed by atoms with Crippen molar-refractivity contribution in [2.45, 2.75) is 31.8 Å². The summed E-state index contributed by atoms with van der Waals surface area (Å²) in [6.45, 7) is 3.77. The summed E-state index contributed by atoms with van der Waals surface area (Å²) in [6.07, 6.45) is 7.11. The molecule has 8 nitrogen and oxygen atoms in total. The predicted molar refractivity (Wildman–Crippen MR) is 133 cm³/mol. The van der Waals surface area contributed by atoms with Crippen LogP contribution in [-0.2, 0) is 4.79 Å². The summed E-state index contributed by atoms with van der Waals surface area (Å²) >= 11 is 0. The fourth-order valence-corrected chi connectivity index (χ4v) is 4.71. The van der Waals surface area contributed by atoms with Gasteiger partial charge >= 0.3 is 0 Å². The monoisotopic (exact) mass is 473 g/mol. The second kappa shape index (κ2) is 9.69. The Kier molecular flexibility index (Phi) is 6.31. The number of likely N-dealkylation sites (tertiary alicyclic amines) is 1. The molecule has 0 radical (unpaired) electrons. The number of hydrogen-bond acceptors (Lipinski definition) is 5. The molecule has 1 aromatic carbocycles. The third-order valence-corrected chi connectivity index (χ3v) is 6.41. The molecule has 2 aliphatic rings. The van der Waals surface area contributed by atoms with Gasteiger partial charge in [0.1, 0.15) is 23.3 Å². The number of aromatic nitrogens is 3. The number of nitrogens with zero attached hydrogens (tertiary/aromatic N) is 4. The summed E-state index contributed by atoms with van der Waals surface area (Å²) in [5.74, 6) is 1.60. The fourth-order valence-electron chi connectivity index (χ4n) is 4.71. The average molecular weight is 474 g/mol. The number of carbonyl (C=O) groups is 1. The number of amidine groups is 1. The molecule has 4 heterocycles. The van der Waals surface area contributed by atoms with E-state index in [0.29, 0.717) is 11.7 Å². The van der Waals surface area contributed by atoms with Crippen molar-refractivity contribution in [1.82, 2.24) is 25.2 Å². The fraction of sp³-hybridized carbons (Fsp3) is 0.308. The number of benzene rings is 1. The first kappa shape index (κ1) is 22.8. The van der Waals surface area contributed by atoms with Crippen molar-refractivity contribution in [2.24, 2.45) is 0 Å². The molecule has 1 amide bonds. The van der Waals surface area contributed by atoms with Crippen LogP contribution < -0.4 is 10.2 Å². The minimum Gasteiger partial charge on any atom is -0.352 e. The summed E-state index contributed by atoms with van der Waals surface area (Å²) in [5.41, 5.74) is 2.46. The van der Waals surface area contributed by atoms with Crippen molar-refractivity contribution in [3.05, 3.63) is 71.9 Å². The molecule has 2 saturated heterocycles. The molecule has 5 rings (SSSR count). The maximum absolute atomic E-state index is 13.7. The number of carbonyl (C=O) groups excluding carboxylic acids is 1. The number of anilines is 1. The van der Waals surface area contributed by atoms with E-state index in [1.165, 1.54) is 13.0 Å². The normalized spacial score (nSPS) is 18.2. The lowest BCUT2D eigenvalue weighted by Gasteiger charge is -2.40. The molecule has 1 atom stereocenters. The predicted octanol–water partition coefficient (Wildman–Crippen LogP) is 3.76. The first-order valence-electron chi connectivity index (χ1n) is 11.8. The largest absolute Gasteiger partial charge is 0.352 e. The molecule has 3 aromatic rings. The number of H-pyrrole nitrogens is 1. The van der Waals surface area contributed by atoms with Crippen LogP contribution in [0, 0.1) is 11.2 Å². The highest BCUT2D eigenvalue weighted by atomic mass is 19.1. The van der Waals surface area contributed by atoms with E-state index in [1.807, 2.05) is 29.2 Å². The lowest BCUT2D eigenvalue weighted by Crippen LogP contribution is -2.59. The molecule has 0 saturated carbocycles. The van der Waals surface area contributed by atoms with E-state index >= 15 is 0 Å². The zero-order chi connectivity index (χ0) is 24.4. The molecule has 0 aliphatic carbocycles. The van der Waals surface area contributed by atoms with Crippen LogP contribution in [0.4, 0.5) is 10.2 Å². The van der Waals surface area contributed by atoms with Crippen LogP contribution in [0.1, 0.15) is 37.2 Å². The Balaban J connectivity index is 1.23. The van der Waals surface area contributed by atoms with Gasteiger partial charge in [-0.05, 0) is 54.8 Å². The Morgan fingerprint density at radius 3 is 2.89 bits per heavy atom. The number of aromatic amines is 1. The van der Waals surface area contributed by atoms with Crippen molar-refractivity contribution < 1.29 is 9.18 Å². The summed E-state index contributed by atoms with van der Waals surface area (Å²) in [6, 6.07) is 12.6. The lowest BCUT2D eigenvalue weighted by molar-refractivity contribution is -0.119. The summed E-state index contributed by atoms with van der Waals surface area (Å²) in [4.78, 5) is 27.7. The maximum Gasteiger partial charge on any atom is 0.217 e. The van der Waals surface area contributed by atoms with Gasteiger partial charge in [0.15, 0.2) is 0 Å². The SMILES string of the molecule is CC(=O)NC1CN(c2cccc(-c3cnc(/C=C\C(=N)N4CCC[C@@H]4c4cccc(F)c4)[nH]3)n2)C1. The van der Waals surface area contributed by atoms with E-state index < -0.39 is 0 Å². The molecule has 0 bridgehead atoms. The topological polar surface area (TPSA) is 101 Å². The van der Waals surface area contributed by atoms with Crippen LogP contribution in [0.5, 0.6) is 0 Å². The molecule has 35 heavy (non-hydrogen) atoms. The van der Waals surface area contributed by atoms with E-state index in [9.17, 15) is 9.18 Å². The van der Waals surface area contributed by atoms with E-state index in [4.69, 9.17) is 10.4 Å². The molecule has 2 fully saturated rings. The van der Waals surface area contributed by atoms with Crippen LogP contribution in [-0.4, -0.2) is 57.3 Å². The molecule has 2 aliphatic heterocycles. The van der Waals surface area contributed by atoms with E-state index in [2.05, 4.69) is 20.2 Å². The number of pyridine rings is 1. The molecule has 9 heteroatoms. The van der Waals surface area contributed by atoms with Gasteiger partial charge in [0, 0.05) is 26.6 Å². The molecule has 2 aromatic heterocycles. The number of hydrogen-bond donors (Lipinski definition) is 3. The van der Waals surface area contributed by atoms with E-state index in [-0.39, 0.29) is 23.8 Å². The Morgan fingerprint density at radius 2 is 2.09 bits per heavy atom. The maximum atomic E-state index is 13.7. The van der Waals surface area contributed by atoms with Crippen molar-refractivity contribution in [3.63, 3.8) is 0 Å². The van der Waals surface area contributed by atoms with Gasteiger partial charge in [-0.25, -0.2) is 14.4 Å². The van der Waals surface area contributed by atoms with Crippen LogP contribution in [0.3, 0.4) is 0 Å². The summed E-state index contributed by atoms with van der Waals surface area (Å²) < 4.78 is 13.7. The van der Waals surface area contributed by atoms with Crippen LogP contribution in [0.15, 0.2) is 54.7 Å². The van der Waals surface area contributed by atoms with E-state index in [0.717, 1.165) is 55.2 Å². The number of halogens is 1. The number of amides is 1. The Morgan fingerprint density at radius 1 is 1.26 bits per heavy atom. The quantitative estimate of drug-likeness (QED) is 0.374. The molecule has 3 N–H and O–H groups in total. The number of nitrogens with one attached hydrogen (secondary N) is 3. The van der Waals surface area contributed by atoms with Crippen LogP contribution in [0.25, 0.3) is 17.5 Å². The van der Waals surface area contributed by atoms with Gasteiger partial charge < -0.3 is 20.1 Å². The van der Waals surface area contributed by atoms with Crippen molar-refractivity contribution in [2.75, 3.05) is 24.5 Å². The standard InChI is InChI=1S/C26H28FN7O/c1-17(35)30-20-15-33(16-20)26-9-3-7-21(32-26)22-14-29-25(31-22)11-10-24(28)34-12-4-8-23(34)18-5-2-6-19(27)13-18/h2-3,5-7,9-11,13-14,20,23,28H,4,8,12,15-16H2,1H3,(H,29,31)(H,30,35)/b11-10-,28-24?/t23-/m1/s1. The molecular formula is C26H28FN7O. The van der Waals surface area contributed by atoms with Crippen LogP contribution in [0.2, 0.25) is 0 Å². The van der Waals surface area contributed by atoms with Gasteiger partial charge in [-0.2, -0.15) is 0 Å². The van der Waals surface area contributed by atoms with Crippen molar-refractivity contribution in [3.8, 4) is 11.4 Å². The molecule has 0 unspecified atom stereocenters. The molecule has 180 valence electrons. The average Bonchev–Trinajstić information content (AvgIpc) is 3.50. The van der Waals surface area contributed by atoms with Gasteiger partial charge in [0.05, 0.1) is 29.7 Å².